The highest BCUT2D eigenvalue weighted by atomic mass is 32.2. The van der Waals surface area contributed by atoms with Gasteiger partial charge >= 0.3 is 0 Å². The Morgan fingerprint density at radius 2 is 1.90 bits per heavy atom. The Labute approximate surface area is 119 Å². The van der Waals surface area contributed by atoms with Crippen LogP contribution in [0.4, 0.5) is 11.4 Å². The van der Waals surface area contributed by atoms with Gasteiger partial charge < -0.3 is 10.6 Å². The Morgan fingerprint density at radius 3 is 2.45 bits per heavy atom. The second-order valence-electron chi connectivity index (χ2n) is 5.12. The predicted molar refractivity (Wildman–Crippen MR) is 80.7 cm³/mol. The third-order valence-corrected chi connectivity index (χ3v) is 5.02. The van der Waals surface area contributed by atoms with Crippen molar-refractivity contribution in [3.8, 4) is 0 Å². The summed E-state index contributed by atoms with van der Waals surface area (Å²) in [5.74, 6) is 0.466. The minimum atomic E-state index is -2.87. The van der Waals surface area contributed by atoms with E-state index in [4.69, 9.17) is 0 Å². The summed E-state index contributed by atoms with van der Waals surface area (Å²) in [5.41, 5.74) is 1.63. The minimum Gasteiger partial charge on any atom is -0.381 e. The number of sulfone groups is 1. The molecule has 1 aromatic rings. The Kier molecular flexibility index (Phi) is 4.65. The van der Waals surface area contributed by atoms with Crippen LogP contribution in [0.3, 0.4) is 0 Å². The predicted octanol–water partition coefficient (Wildman–Crippen LogP) is 2.02. The number of hydrogen-bond donors (Lipinski definition) is 2. The zero-order valence-electron chi connectivity index (χ0n) is 11.6. The van der Waals surface area contributed by atoms with Gasteiger partial charge in [-0.05, 0) is 37.1 Å². The molecular weight excluding hydrogens is 276 g/mol. The molecule has 0 aliphatic carbocycles. The van der Waals surface area contributed by atoms with Crippen LogP contribution in [0.5, 0.6) is 0 Å². The topological polar surface area (TPSA) is 75.3 Å². The number of amides is 1. The van der Waals surface area contributed by atoms with Crippen molar-refractivity contribution >= 4 is 27.1 Å². The monoisotopic (exact) mass is 296 g/mol. The van der Waals surface area contributed by atoms with Crippen LogP contribution in [0.15, 0.2) is 24.3 Å². The smallest absolute Gasteiger partial charge is 0.224 e. The normalized spacial score (nSPS) is 20.6. The number of rotatable bonds is 5. The van der Waals surface area contributed by atoms with Gasteiger partial charge in [-0.1, -0.05) is 6.92 Å². The van der Waals surface area contributed by atoms with E-state index in [1.54, 1.807) is 0 Å². The van der Waals surface area contributed by atoms with E-state index in [1.165, 1.54) is 0 Å². The second-order valence-corrected chi connectivity index (χ2v) is 7.35. The van der Waals surface area contributed by atoms with E-state index in [0.29, 0.717) is 12.8 Å². The van der Waals surface area contributed by atoms with Crippen molar-refractivity contribution in [2.24, 2.45) is 0 Å². The number of carbonyl (C=O) groups is 1. The molecule has 0 bridgehead atoms. The number of nitrogens with one attached hydrogen (secondary N) is 2. The summed E-state index contributed by atoms with van der Waals surface area (Å²) in [7, 11) is -2.87. The molecule has 0 spiro atoms. The van der Waals surface area contributed by atoms with Crippen molar-refractivity contribution in [3.05, 3.63) is 24.3 Å². The zero-order valence-corrected chi connectivity index (χ0v) is 12.4. The van der Waals surface area contributed by atoms with Crippen LogP contribution in [-0.2, 0) is 14.6 Å². The van der Waals surface area contributed by atoms with E-state index < -0.39 is 9.84 Å². The number of anilines is 2. The molecular formula is C14H20N2O3S. The first-order chi connectivity index (χ1) is 9.48. The molecule has 1 fully saturated rings. The summed E-state index contributed by atoms with van der Waals surface area (Å²) < 4.78 is 22.8. The molecule has 1 aliphatic rings. The Hall–Kier alpha value is -1.56. The van der Waals surface area contributed by atoms with Crippen LogP contribution in [0.1, 0.15) is 26.2 Å². The maximum atomic E-state index is 11.5. The maximum Gasteiger partial charge on any atom is 0.224 e. The molecule has 20 heavy (non-hydrogen) atoms. The van der Waals surface area contributed by atoms with E-state index in [2.05, 4.69) is 10.6 Å². The van der Waals surface area contributed by atoms with Gasteiger partial charge in [0.05, 0.1) is 11.5 Å². The minimum absolute atomic E-state index is 0.00935. The van der Waals surface area contributed by atoms with Crippen LogP contribution in [0, 0.1) is 0 Å². The molecule has 0 aromatic heterocycles. The molecule has 1 unspecified atom stereocenters. The second kappa shape index (κ2) is 6.26. The fourth-order valence-electron chi connectivity index (χ4n) is 2.24. The Balaban J connectivity index is 1.90. The average molecular weight is 296 g/mol. The average Bonchev–Trinajstić information content (AvgIpc) is 2.71. The lowest BCUT2D eigenvalue weighted by atomic mass is 10.2. The van der Waals surface area contributed by atoms with Crippen molar-refractivity contribution in [1.29, 1.82) is 0 Å². The van der Waals surface area contributed by atoms with Gasteiger partial charge in [-0.15, -0.1) is 0 Å². The lowest BCUT2D eigenvalue weighted by Gasteiger charge is -2.13. The molecule has 1 amide bonds. The van der Waals surface area contributed by atoms with Crippen molar-refractivity contribution in [1.82, 2.24) is 0 Å². The molecule has 110 valence electrons. The first-order valence-corrected chi connectivity index (χ1v) is 8.67. The van der Waals surface area contributed by atoms with Gasteiger partial charge in [0.2, 0.25) is 5.91 Å². The summed E-state index contributed by atoms with van der Waals surface area (Å²) in [6, 6.07) is 7.33. The molecule has 0 saturated carbocycles. The van der Waals surface area contributed by atoms with Crippen molar-refractivity contribution in [3.63, 3.8) is 0 Å². The van der Waals surface area contributed by atoms with Gasteiger partial charge in [0.1, 0.15) is 0 Å². The number of benzene rings is 1. The number of carbonyl (C=O) groups excluding carboxylic acids is 1. The highest BCUT2D eigenvalue weighted by Crippen LogP contribution is 2.19. The fourth-order valence-corrected chi connectivity index (χ4v) is 3.92. The number of hydrogen-bond acceptors (Lipinski definition) is 4. The Morgan fingerprint density at radius 1 is 1.25 bits per heavy atom. The zero-order chi connectivity index (χ0) is 14.6. The highest BCUT2D eigenvalue weighted by Gasteiger charge is 2.27. The van der Waals surface area contributed by atoms with Gasteiger partial charge in [0.25, 0.3) is 0 Å². The third-order valence-electron chi connectivity index (χ3n) is 3.25. The van der Waals surface area contributed by atoms with Gasteiger partial charge in [-0.3, -0.25) is 4.79 Å². The van der Waals surface area contributed by atoms with Crippen LogP contribution < -0.4 is 10.6 Å². The van der Waals surface area contributed by atoms with Gasteiger partial charge in [-0.25, -0.2) is 8.42 Å². The lowest BCUT2D eigenvalue weighted by Crippen LogP contribution is -2.20. The van der Waals surface area contributed by atoms with Crippen molar-refractivity contribution < 1.29 is 13.2 Å². The van der Waals surface area contributed by atoms with Crippen LogP contribution in [0.25, 0.3) is 0 Å². The first-order valence-electron chi connectivity index (χ1n) is 6.85. The van der Waals surface area contributed by atoms with Gasteiger partial charge in [0.15, 0.2) is 9.84 Å². The van der Waals surface area contributed by atoms with E-state index in [1.807, 2.05) is 31.2 Å². The van der Waals surface area contributed by atoms with E-state index in [-0.39, 0.29) is 23.5 Å². The summed E-state index contributed by atoms with van der Waals surface area (Å²) in [6.45, 7) is 1.96. The first kappa shape index (κ1) is 14.8. The van der Waals surface area contributed by atoms with E-state index >= 15 is 0 Å². The summed E-state index contributed by atoms with van der Waals surface area (Å²) in [5, 5.41) is 6.02. The molecule has 2 N–H and O–H groups in total. The maximum absolute atomic E-state index is 11.5. The van der Waals surface area contributed by atoms with Crippen LogP contribution in [-0.4, -0.2) is 31.9 Å². The SMILES string of the molecule is CCCC(=O)Nc1ccc(NC2CCS(=O)(=O)C2)cc1. The molecule has 5 nitrogen and oxygen atoms in total. The van der Waals surface area contributed by atoms with E-state index in [0.717, 1.165) is 17.8 Å². The highest BCUT2D eigenvalue weighted by molar-refractivity contribution is 7.91. The molecule has 2 rings (SSSR count). The molecule has 1 atom stereocenters. The van der Waals surface area contributed by atoms with Gasteiger partial charge in [0, 0.05) is 23.8 Å². The quantitative estimate of drug-likeness (QED) is 0.871. The fraction of sp³-hybridized carbons (Fsp3) is 0.500. The largest absolute Gasteiger partial charge is 0.381 e. The molecule has 1 heterocycles. The van der Waals surface area contributed by atoms with Crippen molar-refractivity contribution in [2.75, 3.05) is 22.1 Å². The molecule has 1 aliphatic heterocycles. The molecule has 0 radical (unpaired) electrons. The van der Waals surface area contributed by atoms with Crippen LogP contribution in [0.2, 0.25) is 0 Å². The molecule has 1 saturated heterocycles. The third kappa shape index (κ3) is 4.23. The Bertz CT molecular complexity index is 567. The summed E-state index contributed by atoms with van der Waals surface area (Å²) in [6.07, 6.45) is 1.99. The van der Waals surface area contributed by atoms with E-state index in [9.17, 15) is 13.2 Å². The standard InChI is InChI=1S/C14H20N2O3S/c1-2-3-14(17)16-12-6-4-11(5-7-12)15-13-8-9-20(18,19)10-13/h4-7,13,15H,2-3,8-10H2,1H3,(H,16,17). The summed E-state index contributed by atoms with van der Waals surface area (Å²) >= 11 is 0. The lowest BCUT2D eigenvalue weighted by molar-refractivity contribution is -0.116. The molecule has 1 aromatic carbocycles. The van der Waals surface area contributed by atoms with Crippen LogP contribution >= 0.6 is 0 Å². The summed E-state index contributed by atoms with van der Waals surface area (Å²) in [4.78, 5) is 11.5. The molecule has 6 heteroatoms. The van der Waals surface area contributed by atoms with Crippen molar-refractivity contribution in [2.45, 2.75) is 32.2 Å². The van der Waals surface area contributed by atoms with Gasteiger partial charge in [-0.2, -0.15) is 0 Å².